The lowest BCUT2D eigenvalue weighted by atomic mass is 10.1. The van der Waals surface area contributed by atoms with E-state index in [1.54, 1.807) is 6.20 Å². The number of benzene rings is 1. The van der Waals surface area contributed by atoms with Crippen LogP contribution in [0.5, 0.6) is 0 Å². The van der Waals surface area contributed by atoms with E-state index < -0.39 is 0 Å². The van der Waals surface area contributed by atoms with Gasteiger partial charge >= 0.3 is 0 Å². The number of carbonyl (C=O) groups excluding carboxylic acids is 1. The second-order valence-corrected chi connectivity index (χ2v) is 6.84. The minimum absolute atomic E-state index is 0.0870. The zero-order chi connectivity index (χ0) is 19.2. The van der Waals surface area contributed by atoms with Gasteiger partial charge in [-0.25, -0.2) is 9.67 Å². The van der Waals surface area contributed by atoms with E-state index in [0.717, 1.165) is 30.0 Å². The van der Waals surface area contributed by atoms with Crippen LogP contribution in [-0.4, -0.2) is 27.2 Å². The van der Waals surface area contributed by atoms with Crippen molar-refractivity contribution >= 4 is 5.91 Å². The normalized spacial score (nSPS) is 10.8. The first-order valence-electron chi connectivity index (χ1n) is 9.33. The van der Waals surface area contributed by atoms with Crippen LogP contribution in [0.25, 0.3) is 5.82 Å². The molecule has 0 unspecified atom stereocenters. The molecule has 0 spiro atoms. The summed E-state index contributed by atoms with van der Waals surface area (Å²) in [5, 5.41) is 7.63. The van der Waals surface area contributed by atoms with Gasteiger partial charge in [-0.2, -0.15) is 5.10 Å². The van der Waals surface area contributed by atoms with Crippen molar-refractivity contribution in [2.24, 2.45) is 0 Å². The first-order valence-corrected chi connectivity index (χ1v) is 9.33. The van der Waals surface area contributed by atoms with Gasteiger partial charge in [-0.15, -0.1) is 0 Å². The van der Waals surface area contributed by atoms with Gasteiger partial charge in [0.15, 0.2) is 5.82 Å². The van der Waals surface area contributed by atoms with Crippen LogP contribution in [0.3, 0.4) is 0 Å². The lowest BCUT2D eigenvalue weighted by Gasteiger charge is -2.07. The molecule has 0 saturated heterocycles. The minimum Gasteiger partial charge on any atom is -0.356 e. The molecule has 1 N–H and O–H groups in total. The summed E-state index contributed by atoms with van der Waals surface area (Å²) in [6, 6.07) is 14.1. The molecule has 27 heavy (non-hydrogen) atoms. The van der Waals surface area contributed by atoms with E-state index in [2.05, 4.69) is 40.5 Å². The first-order chi connectivity index (χ1) is 13.0. The predicted octanol–water partition coefficient (Wildman–Crippen LogP) is 3.48. The molecule has 3 aromatic rings. The Kier molecular flexibility index (Phi) is 6.01. The quantitative estimate of drug-likeness (QED) is 0.700. The number of nitrogens with one attached hydrogen (secondary N) is 1. The Bertz CT molecular complexity index is 915. The van der Waals surface area contributed by atoms with E-state index in [0.29, 0.717) is 13.0 Å². The summed E-state index contributed by atoms with van der Waals surface area (Å²) in [6.45, 7) is 6.73. The number of hydrogen-bond donors (Lipinski definition) is 1. The molecular weight excluding hydrogens is 336 g/mol. The van der Waals surface area contributed by atoms with Crippen molar-refractivity contribution in [3.8, 4) is 5.82 Å². The van der Waals surface area contributed by atoms with Crippen LogP contribution in [0.1, 0.15) is 34.5 Å². The molecule has 5 heteroatoms. The summed E-state index contributed by atoms with van der Waals surface area (Å²) >= 11 is 0. The Morgan fingerprint density at radius 3 is 2.67 bits per heavy atom. The molecule has 2 heterocycles. The SMILES string of the molecule is Cc1cccc(CCC(=O)NCCc2c(C)nn(-c3ccccn3)c2C)c1. The monoisotopic (exact) mass is 362 g/mol. The Morgan fingerprint density at radius 2 is 1.93 bits per heavy atom. The maximum absolute atomic E-state index is 12.1. The number of amides is 1. The van der Waals surface area contributed by atoms with Crippen LogP contribution in [-0.2, 0) is 17.6 Å². The predicted molar refractivity (Wildman–Crippen MR) is 107 cm³/mol. The number of pyridine rings is 1. The van der Waals surface area contributed by atoms with E-state index in [9.17, 15) is 4.79 Å². The molecule has 0 radical (unpaired) electrons. The summed E-state index contributed by atoms with van der Waals surface area (Å²) in [6.07, 6.45) is 3.80. The van der Waals surface area contributed by atoms with E-state index >= 15 is 0 Å². The average molecular weight is 362 g/mol. The molecule has 1 aromatic carbocycles. The third-order valence-electron chi connectivity index (χ3n) is 4.73. The molecule has 2 aromatic heterocycles. The van der Waals surface area contributed by atoms with Crippen molar-refractivity contribution in [1.82, 2.24) is 20.1 Å². The van der Waals surface area contributed by atoms with Gasteiger partial charge in [-0.3, -0.25) is 4.79 Å². The van der Waals surface area contributed by atoms with Gasteiger partial charge < -0.3 is 5.32 Å². The molecule has 3 rings (SSSR count). The lowest BCUT2D eigenvalue weighted by Crippen LogP contribution is -2.26. The van der Waals surface area contributed by atoms with Crippen LogP contribution in [0.15, 0.2) is 48.7 Å². The Balaban J connectivity index is 1.53. The number of aromatic nitrogens is 3. The lowest BCUT2D eigenvalue weighted by molar-refractivity contribution is -0.121. The maximum atomic E-state index is 12.1. The van der Waals surface area contributed by atoms with Gasteiger partial charge in [0.05, 0.1) is 5.69 Å². The Hall–Kier alpha value is -2.95. The van der Waals surface area contributed by atoms with Crippen molar-refractivity contribution in [2.45, 2.75) is 40.0 Å². The number of aryl methyl sites for hydroxylation is 3. The smallest absolute Gasteiger partial charge is 0.220 e. The highest BCUT2D eigenvalue weighted by Crippen LogP contribution is 2.17. The van der Waals surface area contributed by atoms with Gasteiger partial charge in [-0.05, 0) is 56.9 Å². The molecule has 0 aliphatic rings. The molecule has 0 aliphatic heterocycles. The van der Waals surface area contributed by atoms with Crippen LogP contribution in [0.4, 0.5) is 0 Å². The fraction of sp³-hybridized carbons (Fsp3) is 0.318. The highest BCUT2D eigenvalue weighted by Gasteiger charge is 2.13. The number of hydrogen-bond acceptors (Lipinski definition) is 3. The fourth-order valence-electron chi connectivity index (χ4n) is 3.28. The topological polar surface area (TPSA) is 59.8 Å². The summed E-state index contributed by atoms with van der Waals surface area (Å²) in [7, 11) is 0. The van der Waals surface area contributed by atoms with Crippen molar-refractivity contribution in [3.63, 3.8) is 0 Å². The van der Waals surface area contributed by atoms with Crippen LogP contribution >= 0.6 is 0 Å². The van der Waals surface area contributed by atoms with Gasteiger partial charge in [0.25, 0.3) is 0 Å². The van der Waals surface area contributed by atoms with Crippen molar-refractivity contribution in [2.75, 3.05) is 6.54 Å². The van der Waals surface area contributed by atoms with E-state index in [4.69, 9.17) is 0 Å². The zero-order valence-corrected chi connectivity index (χ0v) is 16.2. The second kappa shape index (κ2) is 8.62. The first kappa shape index (κ1) is 18.8. The average Bonchev–Trinajstić information content (AvgIpc) is 2.95. The second-order valence-electron chi connectivity index (χ2n) is 6.84. The third-order valence-corrected chi connectivity index (χ3v) is 4.73. The summed E-state index contributed by atoms with van der Waals surface area (Å²) in [5.74, 6) is 0.899. The van der Waals surface area contributed by atoms with Crippen LogP contribution in [0.2, 0.25) is 0 Å². The van der Waals surface area contributed by atoms with E-state index in [1.807, 2.05) is 42.8 Å². The Morgan fingerprint density at radius 1 is 1.07 bits per heavy atom. The minimum atomic E-state index is 0.0870. The number of nitrogens with zero attached hydrogens (tertiary/aromatic N) is 3. The van der Waals surface area contributed by atoms with Gasteiger partial charge in [-0.1, -0.05) is 35.9 Å². The summed E-state index contributed by atoms with van der Waals surface area (Å²) in [4.78, 5) is 16.5. The van der Waals surface area contributed by atoms with Crippen molar-refractivity contribution < 1.29 is 4.79 Å². The van der Waals surface area contributed by atoms with Crippen LogP contribution in [0, 0.1) is 20.8 Å². The third kappa shape index (κ3) is 4.82. The molecule has 1 amide bonds. The maximum Gasteiger partial charge on any atom is 0.220 e. The van der Waals surface area contributed by atoms with E-state index in [1.165, 1.54) is 16.7 Å². The fourth-order valence-corrected chi connectivity index (χ4v) is 3.28. The molecule has 0 fully saturated rings. The molecular formula is C22H26N4O. The van der Waals surface area contributed by atoms with Crippen molar-refractivity contribution in [1.29, 1.82) is 0 Å². The van der Waals surface area contributed by atoms with Gasteiger partial charge in [0.2, 0.25) is 5.91 Å². The van der Waals surface area contributed by atoms with Crippen LogP contribution < -0.4 is 5.32 Å². The highest BCUT2D eigenvalue weighted by molar-refractivity contribution is 5.76. The molecule has 5 nitrogen and oxygen atoms in total. The molecule has 0 aliphatic carbocycles. The van der Waals surface area contributed by atoms with Crippen molar-refractivity contribution in [3.05, 3.63) is 76.7 Å². The Labute approximate surface area is 160 Å². The highest BCUT2D eigenvalue weighted by atomic mass is 16.1. The largest absolute Gasteiger partial charge is 0.356 e. The standard InChI is InChI=1S/C22H26N4O/c1-16-7-6-8-19(15-16)10-11-22(27)24-14-12-20-17(2)25-26(18(20)3)21-9-4-5-13-23-21/h4-9,13,15H,10-12,14H2,1-3H3,(H,24,27). The van der Waals surface area contributed by atoms with Gasteiger partial charge in [0.1, 0.15) is 0 Å². The molecule has 0 atom stereocenters. The molecule has 140 valence electrons. The number of carbonyl (C=O) groups is 1. The zero-order valence-electron chi connectivity index (χ0n) is 16.2. The summed E-state index contributed by atoms with van der Waals surface area (Å²) in [5.41, 5.74) is 5.64. The number of rotatable bonds is 7. The molecule has 0 bridgehead atoms. The van der Waals surface area contributed by atoms with Gasteiger partial charge in [0, 0.05) is 24.9 Å². The van der Waals surface area contributed by atoms with E-state index in [-0.39, 0.29) is 5.91 Å². The molecule has 0 saturated carbocycles. The summed E-state index contributed by atoms with van der Waals surface area (Å²) < 4.78 is 1.87.